The normalized spacial score (nSPS) is 12.2. The molecule has 0 saturated heterocycles. The molecule has 0 fully saturated rings. The van der Waals surface area contributed by atoms with Crippen LogP contribution in [0, 0.1) is 6.92 Å². The van der Waals surface area contributed by atoms with Gasteiger partial charge in [0.1, 0.15) is 50.9 Å². The molecule has 0 spiro atoms. The van der Waals surface area contributed by atoms with Gasteiger partial charge in [0.15, 0.2) is 0 Å². The van der Waals surface area contributed by atoms with Crippen molar-refractivity contribution >= 4 is 60.8 Å². The van der Waals surface area contributed by atoms with E-state index in [1.54, 1.807) is 72.8 Å². The zero-order valence-electron chi connectivity index (χ0n) is 34.7. The first-order valence-electron chi connectivity index (χ1n) is 18.8. The van der Waals surface area contributed by atoms with Crippen molar-refractivity contribution in [3.63, 3.8) is 0 Å². The second-order valence-electron chi connectivity index (χ2n) is 14.2. The van der Waals surface area contributed by atoms with Crippen LogP contribution in [-0.2, 0) is 56.6 Å². The van der Waals surface area contributed by atoms with Gasteiger partial charge in [-0.05, 0) is 133 Å². The fraction of sp³-hybridized carbons (Fsp3) is 0.0909. The quantitative estimate of drug-likeness (QED) is 0.0871. The zero-order chi connectivity index (χ0) is 48.2. The number of hydrogen-bond acceptors (Lipinski definition) is 14. The molecule has 0 aromatic heterocycles. The molecule has 66 heavy (non-hydrogen) atoms. The third-order valence-corrected chi connectivity index (χ3v) is 14.6. The summed E-state index contributed by atoms with van der Waals surface area (Å²) in [5, 5.41) is 1.46. The van der Waals surface area contributed by atoms with Crippen molar-refractivity contribution in [2.75, 3.05) is 13.4 Å². The van der Waals surface area contributed by atoms with Gasteiger partial charge in [-0.1, -0.05) is 35.9 Å². The molecule has 346 valence electrons. The molecule has 0 atom stereocenters. The molecule has 0 amide bonds. The average molecular weight is 999 g/mol. The molecule has 0 aliphatic heterocycles. The van der Waals surface area contributed by atoms with Crippen molar-refractivity contribution in [1.29, 1.82) is 0 Å². The van der Waals surface area contributed by atoms with E-state index in [4.69, 9.17) is 23.5 Å². The maximum atomic E-state index is 13.7. The van der Waals surface area contributed by atoms with Crippen molar-refractivity contribution < 1.29 is 74.7 Å². The molecule has 17 nitrogen and oxygen atoms in total. The van der Waals surface area contributed by atoms with Crippen molar-refractivity contribution in [2.45, 2.75) is 42.9 Å². The van der Waals surface area contributed by atoms with Crippen LogP contribution < -0.4 is 18.9 Å². The summed E-state index contributed by atoms with van der Waals surface area (Å²) < 4.78 is 172. The Morgan fingerprint density at radius 2 is 0.848 bits per heavy atom. The number of sulfone groups is 2. The highest BCUT2D eigenvalue weighted by Gasteiger charge is 2.27. The second kappa shape index (κ2) is 19.2. The summed E-state index contributed by atoms with van der Waals surface area (Å²) in [4.78, 5) is -2.57. The predicted molar refractivity (Wildman–Crippen MR) is 240 cm³/mol. The SMILES string of the molecule is COc1ccc(Oc2ccc(S(=O)(=O)c3ccc(COc4ccc5cc(Oc6ccc(S(=O)(=O)c7ccc(C)cc7)cc6)ccc5c4)c(S(=O)(=O)O)c3)cc2S(=O)(=O)O)cc1.CS(=O)(=O)O. The van der Waals surface area contributed by atoms with E-state index < -0.39 is 82.0 Å². The summed E-state index contributed by atoms with van der Waals surface area (Å²) >= 11 is 0. The molecular weight excluding hydrogens is 961 g/mol. The molecule has 0 unspecified atom stereocenters. The van der Waals surface area contributed by atoms with Gasteiger partial charge in [0.2, 0.25) is 19.7 Å². The molecule has 7 aromatic rings. The van der Waals surface area contributed by atoms with E-state index in [-0.39, 0.29) is 21.1 Å². The molecule has 7 rings (SSSR count). The third-order valence-electron chi connectivity index (χ3n) is 9.30. The standard InChI is InChI=1S/C43H34O14S4.CH4O3S/c1-28-3-16-37(17-4-28)58(44,45)38-19-14-33(15-20-38)56-36-9-6-29-23-35(8-5-30(29)24-36)55-27-31-7-18-39(25-42(31)60(48,49)50)59(46,47)40-21-22-41(43(26-40)61(51,52)53)57-34-12-10-32(54-2)11-13-34;1-5(2,3)4/h3-26H,27H2,1-2H3,(H,48,49,50)(H,51,52,53);1H3,(H,2,3,4). The van der Waals surface area contributed by atoms with Crippen LogP contribution in [0.5, 0.6) is 34.5 Å². The van der Waals surface area contributed by atoms with E-state index in [0.717, 1.165) is 41.3 Å². The molecule has 0 heterocycles. The average Bonchev–Trinajstić information content (AvgIpc) is 3.25. The Kier molecular flexibility index (Phi) is 14.3. The van der Waals surface area contributed by atoms with Gasteiger partial charge in [0, 0.05) is 5.56 Å². The highest BCUT2D eigenvalue weighted by molar-refractivity contribution is 7.92. The van der Waals surface area contributed by atoms with Gasteiger partial charge in [0.25, 0.3) is 30.4 Å². The number of fused-ring (bicyclic) bond motifs is 1. The van der Waals surface area contributed by atoms with E-state index in [0.29, 0.717) is 40.7 Å². The van der Waals surface area contributed by atoms with Gasteiger partial charge >= 0.3 is 0 Å². The van der Waals surface area contributed by atoms with E-state index in [9.17, 15) is 51.2 Å². The lowest BCUT2D eigenvalue weighted by Crippen LogP contribution is -2.10. The summed E-state index contributed by atoms with van der Waals surface area (Å²) in [6.07, 6.45) is 0.715. The summed E-state index contributed by atoms with van der Waals surface area (Å²) in [7, 11) is -20.6. The zero-order valence-corrected chi connectivity index (χ0v) is 38.7. The summed E-state index contributed by atoms with van der Waals surface area (Å²) in [5.74, 6) is 1.42. The monoisotopic (exact) mass is 998 g/mol. The van der Waals surface area contributed by atoms with Crippen LogP contribution >= 0.6 is 0 Å². The largest absolute Gasteiger partial charge is 0.497 e. The lowest BCUT2D eigenvalue weighted by Gasteiger charge is -2.14. The smallest absolute Gasteiger partial charge is 0.298 e. The number of methoxy groups -OCH3 is 1. The maximum Gasteiger partial charge on any atom is 0.298 e. The minimum atomic E-state index is -5.04. The number of aryl methyl sites for hydroxylation is 1. The van der Waals surface area contributed by atoms with Crippen molar-refractivity contribution in [3.8, 4) is 34.5 Å². The number of benzene rings is 7. The van der Waals surface area contributed by atoms with Crippen molar-refractivity contribution in [1.82, 2.24) is 0 Å². The van der Waals surface area contributed by atoms with Crippen molar-refractivity contribution in [3.05, 3.63) is 157 Å². The summed E-state index contributed by atoms with van der Waals surface area (Å²) in [6.45, 7) is 1.46. The van der Waals surface area contributed by atoms with Crippen LogP contribution in [0.3, 0.4) is 0 Å². The first-order chi connectivity index (χ1) is 30.8. The van der Waals surface area contributed by atoms with Crippen LogP contribution in [-0.4, -0.2) is 69.1 Å². The van der Waals surface area contributed by atoms with Crippen LogP contribution in [0.4, 0.5) is 0 Å². The topological polar surface area (TPSA) is 268 Å². The van der Waals surface area contributed by atoms with E-state index in [2.05, 4.69) is 0 Å². The van der Waals surface area contributed by atoms with Gasteiger partial charge in [-0.3, -0.25) is 13.7 Å². The minimum Gasteiger partial charge on any atom is -0.497 e. The summed E-state index contributed by atoms with van der Waals surface area (Å²) in [5.41, 5.74) is 0.850. The van der Waals surface area contributed by atoms with E-state index in [1.807, 2.05) is 6.92 Å². The molecule has 0 aliphatic carbocycles. The van der Waals surface area contributed by atoms with E-state index in [1.165, 1.54) is 43.5 Å². The minimum absolute atomic E-state index is 0.0927. The Morgan fingerprint density at radius 1 is 0.439 bits per heavy atom. The molecule has 3 N–H and O–H groups in total. The number of hydrogen-bond donors (Lipinski definition) is 3. The molecule has 0 radical (unpaired) electrons. The molecular formula is C44H38O17S5. The van der Waals surface area contributed by atoms with E-state index >= 15 is 0 Å². The Morgan fingerprint density at radius 3 is 1.39 bits per heavy atom. The lowest BCUT2D eigenvalue weighted by atomic mass is 10.1. The Labute approximate surface area is 380 Å². The molecule has 0 bridgehead atoms. The van der Waals surface area contributed by atoms with Crippen LogP contribution in [0.15, 0.2) is 175 Å². The van der Waals surface area contributed by atoms with Crippen molar-refractivity contribution in [2.24, 2.45) is 0 Å². The first kappa shape index (κ1) is 49.1. The second-order valence-corrected chi connectivity index (χ2v) is 22.3. The highest BCUT2D eigenvalue weighted by atomic mass is 32.2. The fourth-order valence-electron chi connectivity index (χ4n) is 6.10. The van der Waals surface area contributed by atoms with Crippen LogP contribution in [0.2, 0.25) is 0 Å². The fourth-order valence-corrected chi connectivity index (χ4v) is 10.2. The lowest BCUT2D eigenvalue weighted by molar-refractivity contribution is 0.302. The van der Waals surface area contributed by atoms with Gasteiger partial charge in [0.05, 0.1) is 32.9 Å². The Hall–Kier alpha value is -6.37. The molecule has 22 heteroatoms. The third kappa shape index (κ3) is 12.3. The summed E-state index contributed by atoms with van der Waals surface area (Å²) in [6, 6.07) is 34.5. The maximum absolute atomic E-state index is 13.7. The van der Waals surface area contributed by atoms with Gasteiger partial charge in [-0.25, -0.2) is 16.8 Å². The Balaban J connectivity index is 0.00000137. The van der Waals surface area contributed by atoms with Gasteiger partial charge in [-0.15, -0.1) is 0 Å². The number of ether oxygens (including phenoxy) is 4. The molecule has 7 aromatic carbocycles. The molecule has 0 aliphatic rings. The molecule has 0 saturated carbocycles. The van der Waals surface area contributed by atoms with Gasteiger partial charge in [-0.2, -0.15) is 25.3 Å². The van der Waals surface area contributed by atoms with Gasteiger partial charge < -0.3 is 18.9 Å². The predicted octanol–water partition coefficient (Wildman–Crippen LogP) is 7.98. The Bertz CT molecular complexity index is 3500. The van der Waals surface area contributed by atoms with Crippen LogP contribution in [0.1, 0.15) is 11.1 Å². The van der Waals surface area contributed by atoms with Crippen LogP contribution in [0.25, 0.3) is 10.8 Å². The highest BCUT2D eigenvalue weighted by Crippen LogP contribution is 2.35. The number of rotatable bonds is 14. The first-order valence-corrected chi connectivity index (χ1v) is 26.5.